The standard InChI is InChI=1S/C19H25N5OS/c1-2-3-13-26-19-21-16(20)14-17(22-19)23-9-11-24(12-10-23)18(25)15-7-5-4-6-8-15/h4-8,14H,2-3,9-13H2,1H3,(H2,20,21,22). The van der Waals surface area contributed by atoms with Crippen LogP contribution in [0.15, 0.2) is 41.6 Å². The highest BCUT2D eigenvalue weighted by molar-refractivity contribution is 7.99. The molecule has 2 N–H and O–H groups in total. The van der Waals surface area contributed by atoms with Crippen molar-refractivity contribution < 1.29 is 4.79 Å². The summed E-state index contributed by atoms with van der Waals surface area (Å²) in [7, 11) is 0. The Balaban J connectivity index is 1.61. The van der Waals surface area contributed by atoms with Crippen molar-refractivity contribution in [3.8, 4) is 0 Å². The molecule has 0 atom stereocenters. The predicted octanol–water partition coefficient (Wildman–Crippen LogP) is 2.91. The van der Waals surface area contributed by atoms with Crippen LogP contribution in [0.25, 0.3) is 0 Å². The summed E-state index contributed by atoms with van der Waals surface area (Å²) < 4.78 is 0. The number of carbonyl (C=O) groups is 1. The van der Waals surface area contributed by atoms with E-state index in [0.717, 1.165) is 48.2 Å². The fourth-order valence-electron chi connectivity index (χ4n) is 2.87. The molecular formula is C19H25N5OS. The average Bonchev–Trinajstić information content (AvgIpc) is 2.68. The second-order valence-corrected chi connectivity index (χ2v) is 7.34. The maximum atomic E-state index is 12.6. The van der Waals surface area contributed by atoms with Gasteiger partial charge in [0.15, 0.2) is 5.16 Å². The van der Waals surface area contributed by atoms with E-state index in [1.54, 1.807) is 11.8 Å². The molecule has 7 heteroatoms. The highest BCUT2D eigenvalue weighted by Crippen LogP contribution is 2.22. The molecule has 0 bridgehead atoms. The van der Waals surface area contributed by atoms with Crippen molar-refractivity contribution in [3.05, 3.63) is 42.0 Å². The second kappa shape index (κ2) is 8.89. The molecule has 1 amide bonds. The van der Waals surface area contributed by atoms with Crippen molar-refractivity contribution in [2.75, 3.05) is 42.6 Å². The third-order valence-corrected chi connectivity index (χ3v) is 5.29. The Kier molecular flexibility index (Phi) is 6.33. The molecule has 1 aliphatic heterocycles. The third-order valence-electron chi connectivity index (χ3n) is 4.35. The minimum atomic E-state index is 0.0864. The normalized spacial score (nSPS) is 14.5. The Labute approximate surface area is 158 Å². The quantitative estimate of drug-likeness (QED) is 0.478. The summed E-state index contributed by atoms with van der Waals surface area (Å²) in [5.74, 6) is 2.43. The molecule has 0 aliphatic carbocycles. The molecule has 1 saturated heterocycles. The molecule has 1 aliphatic rings. The summed E-state index contributed by atoms with van der Waals surface area (Å²) in [6, 6.07) is 11.2. The highest BCUT2D eigenvalue weighted by Gasteiger charge is 2.23. The van der Waals surface area contributed by atoms with Gasteiger partial charge < -0.3 is 15.5 Å². The Bertz CT molecular complexity index is 732. The maximum Gasteiger partial charge on any atom is 0.253 e. The number of benzene rings is 1. The number of hydrogen-bond donors (Lipinski definition) is 1. The lowest BCUT2D eigenvalue weighted by atomic mass is 10.2. The number of anilines is 2. The Hall–Kier alpha value is -2.28. The van der Waals surface area contributed by atoms with Gasteiger partial charge in [-0.25, -0.2) is 9.97 Å². The lowest BCUT2D eigenvalue weighted by Crippen LogP contribution is -2.49. The molecule has 2 aromatic rings. The molecule has 0 radical (unpaired) electrons. The number of amides is 1. The van der Waals surface area contributed by atoms with Gasteiger partial charge in [0.05, 0.1) is 0 Å². The van der Waals surface area contributed by atoms with Crippen LogP contribution in [0.2, 0.25) is 0 Å². The monoisotopic (exact) mass is 371 g/mol. The van der Waals surface area contributed by atoms with Crippen LogP contribution in [0.3, 0.4) is 0 Å². The van der Waals surface area contributed by atoms with Crippen molar-refractivity contribution in [2.45, 2.75) is 24.9 Å². The van der Waals surface area contributed by atoms with Gasteiger partial charge >= 0.3 is 0 Å². The number of hydrogen-bond acceptors (Lipinski definition) is 6. The van der Waals surface area contributed by atoms with Gasteiger partial charge in [-0.1, -0.05) is 43.3 Å². The van der Waals surface area contributed by atoms with Crippen LogP contribution in [0.1, 0.15) is 30.1 Å². The van der Waals surface area contributed by atoms with Gasteiger partial charge in [-0.05, 0) is 18.6 Å². The molecule has 6 nitrogen and oxygen atoms in total. The molecule has 1 fully saturated rings. The third kappa shape index (κ3) is 4.66. The Morgan fingerprint density at radius 2 is 1.88 bits per heavy atom. The van der Waals surface area contributed by atoms with Gasteiger partial charge in [0.1, 0.15) is 11.6 Å². The van der Waals surface area contributed by atoms with Crippen LogP contribution in [0, 0.1) is 0 Å². The predicted molar refractivity (Wildman–Crippen MR) is 107 cm³/mol. The van der Waals surface area contributed by atoms with E-state index in [0.29, 0.717) is 18.9 Å². The average molecular weight is 372 g/mol. The van der Waals surface area contributed by atoms with Crippen LogP contribution >= 0.6 is 11.8 Å². The van der Waals surface area contributed by atoms with Gasteiger partial charge in [0.25, 0.3) is 5.91 Å². The first-order valence-electron chi connectivity index (χ1n) is 9.04. The van der Waals surface area contributed by atoms with Crippen LogP contribution in [0.4, 0.5) is 11.6 Å². The SMILES string of the molecule is CCCCSc1nc(N)cc(N2CCN(C(=O)c3ccccc3)CC2)n1. The highest BCUT2D eigenvalue weighted by atomic mass is 32.2. The number of piperazine rings is 1. The summed E-state index contributed by atoms with van der Waals surface area (Å²) in [6.45, 7) is 5.01. The number of nitrogens with two attached hydrogens (primary N) is 1. The van der Waals surface area contributed by atoms with Gasteiger partial charge in [-0.2, -0.15) is 0 Å². The second-order valence-electron chi connectivity index (χ2n) is 6.28. The molecule has 2 heterocycles. The van der Waals surface area contributed by atoms with Crippen molar-refractivity contribution in [1.29, 1.82) is 0 Å². The van der Waals surface area contributed by atoms with E-state index in [1.807, 2.05) is 41.3 Å². The molecule has 0 unspecified atom stereocenters. The van der Waals surface area contributed by atoms with Crippen molar-refractivity contribution in [2.24, 2.45) is 0 Å². The Morgan fingerprint density at radius 3 is 2.58 bits per heavy atom. The number of thioether (sulfide) groups is 1. The molecule has 0 spiro atoms. The zero-order chi connectivity index (χ0) is 18.4. The first-order chi connectivity index (χ1) is 12.7. The number of carbonyl (C=O) groups excluding carboxylic acids is 1. The fraction of sp³-hybridized carbons (Fsp3) is 0.421. The minimum absolute atomic E-state index is 0.0864. The number of nitrogens with zero attached hydrogens (tertiary/aromatic N) is 4. The molecule has 138 valence electrons. The van der Waals surface area contributed by atoms with Gasteiger partial charge in [-0.3, -0.25) is 4.79 Å². The summed E-state index contributed by atoms with van der Waals surface area (Å²) in [5.41, 5.74) is 6.70. The van der Waals surface area contributed by atoms with E-state index < -0.39 is 0 Å². The van der Waals surface area contributed by atoms with Crippen molar-refractivity contribution in [1.82, 2.24) is 14.9 Å². The van der Waals surface area contributed by atoms with Crippen LogP contribution in [-0.2, 0) is 0 Å². The summed E-state index contributed by atoms with van der Waals surface area (Å²) in [4.78, 5) is 25.6. The van der Waals surface area contributed by atoms with Crippen LogP contribution < -0.4 is 10.6 Å². The summed E-state index contributed by atoms with van der Waals surface area (Å²) in [5, 5.41) is 0.733. The number of nitrogen functional groups attached to an aromatic ring is 1. The molecule has 3 rings (SSSR count). The van der Waals surface area contributed by atoms with E-state index in [-0.39, 0.29) is 5.91 Å². The molecule has 1 aromatic heterocycles. The van der Waals surface area contributed by atoms with Gasteiger partial charge in [-0.15, -0.1) is 0 Å². The maximum absolute atomic E-state index is 12.6. The lowest BCUT2D eigenvalue weighted by molar-refractivity contribution is 0.0746. The molecule has 0 saturated carbocycles. The molecular weight excluding hydrogens is 346 g/mol. The van der Waals surface area contributed by atoms with E-state index in [1.165, 1.54) is 0 Å². The first-order valence-corrected chi connectivity index (χ1v) is 10.0. The number of rotatable bonds is 6. The number of aromatic nitrogens is 2. The van der Waals surface area contributed by atoms with Gasteiger partial charge in [0.2, 0.25) is 0 Å². The zero-order valence-electron chi connectivity index (χ0n) is 15.1. The first kappa shape index (κ1) is 18.5. The van der Waals surface area contributed by atoms with E-state index in [4.69, 9.17) is 5.73 Å². The van der Waals surface area contributed by atoms with Crippen molar-refractivity contribution in [3.63, 3.8) is 0 Å². The topological polar surface area (TPSA) is 75.3 Å². The van der Waals surface area contributed by atoms with Crippen molar-refractivity contribution >= 4 is 29.3 Å². The summed E-state index contributed by atoms with van der Waals surface area (Å²) >= 11 is 1.65. The Morgan fingerprint density at radius 1 is 1.15 bits per heavy atom. The number of unbranched alkanes of at least 4 members (excludes halogenated alkanes) is 1. The van der Waals surface area contributed by atoms with E-state index in [2.05, 4.69) is 21.8 Å². The smallest absolute Gasteiger partial charge is 0.253 e. The van der Waals surface area contributed by atoms with E-state index >= 15 is 0 Å². The van der Waals surface area contributed by atoms with Crippen LogP contribution in [0.5, 0.6) is 0 Å². The molecule has 1 aromatic carbocycles. The van der Waals surface area contributed by atoms with Gasteiger partial charge in [0, 0.05) is 43.6 Å². The summed E-state index contributed by atoms with van der Waals surface area (Å²) in [6.07, 6.45) is 2.29. The largest absolute Gasteiger partial charge is 0.383 e. The minimum Gasteiger partial charge on any atom is -0.383 e. The van der Waals surface area contributed by atoms with Crippen LogP contribution in [-0.4, -0.2) is 52.7 Å². The lowest BCUT2D eigenvalue weighted by Gasteiger charge is -2.35. The molecule has 26 heavy (non-hydrogen) atoms. The van der Waals surface area contributed by atoms with E-state index in [9.17, 15) is 4.79 Å². The fourth-order valence-corrected chi connectivity index (χ4v) is 3.81. The zero-order valence-corrected chi connectivity index (χ0v) is 15.9.